The fourth-order valence-electron chi connectivity index (χ4n) is 4.23. The molecule has 0 aliphatic carbocycles. The molecule has 0 aliphatic rings. The van der Waals surface area contributed by atoms with E-state index in [1.54, 1.807) is 24.3 Å². The highest BCUT2D eigenvalue weighted by atomic mass is 32.2. The van der Waals surface area contributed by atoms with Gasteiger partial charge >= 0.3 is 0 Å². The minimum atomic E-state index is -3.71. The van der Waals surface area contributed by atoms with Crippen LogP contribution in [0.4, 0.5) is 11.4 Å². The largest absolute Gasteiger partial charge is 0.506 e. The molecule has 0 heterocycles. The first-order valence-electron chi connectivity index (χ1n) is 12.9. The molecule has 10 heteroatoms. The lowest BCUT2D eigenvalue weighted by molar-refractivity contribution is 0.477. The fourth-order valence-corrected chi connectivity index (χ4v) is 6.60. The third-order valence-corrected chi connectivity index (χ3v) is 9.03. The maximum Gasteiger partial charge on any atom is 0.232 e. The number of nitrogens with one attached hydrogen (secondary N) is 2. The summed E-state index contributed by atoms with van der Waals surface area (Å²) in [6.07, 6.45) is 1.70. The molecule has 0 unspecified atom stereocenters. The summed E-state index contributed by atoms with van der Waals surface area (Å²) in [5.41, 5.74) is 3.55. The Morgan fingerprint density at radius 3 is 1.23 bits per heavy atom. The first-order chi connectivity index (χ1) is 19.1. The molecule has 4 rings (SSSR count). The Bertz CT molecular complexity index is 1520. The van der Waals surface area contributed by atoms with Gasteiger partial charge in [-0.15, -0.1) is 0 Å². The zero-order valence-electron chi connectivity index (χ0n) is 21.8. The second-order valence-electron chi connectivity index (χ2n) is 9.45. The highest BCUT2D eigenvalue weighted by molar-refractivity contribution is 7.93. The smallest absolute Gasteiger partial charge is 0.232 e. The Kier molecular flexibility index (Phi) is 9.34. The van der Waals surface area contributed by atoms with Crippen LogP contribution in [0, 0.1) is 0 Å². The van der Waals surface area contributed by atoms with E-state index in [0.717, 1.165) is 22.3 Å². The van der Waals surface area contributed by atoms with Gasteiger partial charge in [0.25, 0.3) is 0 Å². The number of benzene rings is 4. The number of aromatic hydroxyl groups is 2. The Morgan fingerprint density at radius 2 is 0.850 bits per heavy atom. The van der Waals surface area contributed by atoms with E-state index >= 15 is 0 Å². The number of hydrogen-bond acceptors (Lipinski definition) is 6. The van der Waals surface area contributed by atoms with E-state index in [1.807, 2.05) is 60.7 Å². The van der Waals surface area contributed by atoms with E-state index < -0.39 is 20.0 Å². The molecule has 0 spiro atoms. The Morgan fingerprint density at radius 1 is 0.475 bits per heavy atom. The number of rotatable bonds is 13. The van der Waals surface area contributed by atoms with Crippen LogP contribution in [0.3, 0.4) is 0 Å². The molecule has 210 valence electrons. The first-order valence-corrected chi connectivity index (χ1v) is 16.2. The zero-order chi connectivity index (χ0) is 28.6. The van der Waals surface area contributed by atoms with Crippen LogP contribution >= 0.6 is 0 Å². The van der Waals surface area contributed by atoms with Gasteiger partial charge in [0.15, 0.2) is 0 Å². The quantitative estimate of drug-likeness (QED) is 0.110. The summed E-state index contributed by atoms with van der Waals surface area (Å²) < 4.78 is 55.3. The number of unbranched alkanes of at least 4 members (excludes halogenated alkanes) is 3. The lowest BCUT2D eigenvalue weighted by Crippen LogP contribution is -2.18. The van der Waals surface area contributed by atoms with Gasteiger partial charge in [0, 0.05) is 0 Å². The van der Waals surface area contributed by atoms with E-state index in [9.17, 15) is 27.0 Å². The average molecular weight is 581 g/mol. The molecule has 40 heavy (non-hydrogen) atoms. The summed E-state index contributed by atoms with van der Waals surface area (Å²) >= 11 is 0. The fraction of sp³-hybridized carbons (Fsp3) is 0.200. The van der Waals surface area contributed by atoms with Crippen molar-refractivity contribution in [3.63, 3.8) is 0 Å². The molecule has 0 radical (unpaired) electrons. The molecule has 4 N–H and O–H groups in total. The Labute approximate surface area is 235 Å². The van der Waals surface area contributed by atoms with Crippen LogP contribution in [0.2, 0.25) is 0 Å². The molecule has 0 amide bonds. The van der Waals surface area contributed by atoms with Gasteiger partial charge in [-0.3, -0.25) is 9.44 Å². The van der Waals surface area contributed by atoms with Crippen molar-refractivity contribution in [2.75, 3.05) is 20.9 Å². The molecule has 4 aromatic carbocycles. The summed E-state index contributed by atoms with van der Waals surface area (Å²) in [7, 11) is -7.43. The summed E-state index contributed by atoms with van der Waals surface area (Å²) in [5, 5.41) is 20.3. The van der Waals surface area contributed by atoms with Gasteiger partial charge in [-0.05, 0) is 59.4 Å². The number of anilines is 2. The summed E-state index contributed by atoms with van der Waals surface area (Å²) in [5.74, 6) is -0.650. The maximum absolute atomic E-state index is 12.6. The van der Waals surface area contributed by atoms with Crippen molar-refractivity contribution in [3.8, 4) is 33.8 Å². The van der Waals surface area contributed by atoms with Crippen molar-refractivity contribution < 1.29 is 27.0 Å². The van der Waals surface area contributed by atoms with Crippen molar-refractivity contribution in [2.45, 2.75) is 25.7 Å². The highest BCUT2D eigenvalue weighted by Crippen LogP contribution is 2.32. The molecule has 0 saturated carbocycles. The molecule has 0 atom stereocenters. The van der Waals surface area contributed by atoms with Gasteiger partial charge in [0.1, 0.15) is 11.5 Å². The number of sulfonamides is 2. The Balaban J connectivity index is 1.24. The van der Waals surface area contributed by atoms with Gasteiger partial charge in [-0.25, -0.2) is 16.8 Å². The second kappa shape index (κ2) is 12.9. The van der Waals surface area contributed by atoms with Crippen molar-refractivity contribution in [2.24, 2.45) is 0 Å². The highest BCUT2D eigenvalue weighted by Gasteiger charge is 2.16. The van der Waals surface area contributed by atoms with Gasteiger partial charge in [0.2, 0.25) is 20.0 Å². The molecule has 0 aliphatic heterocycles. The Hall–Kier alpha value is -4.02. The van der Waals surface area contributed by atoms with Crippen LogP contribution < -0.4 is 9.44 Å². The average Bonchev–Trinajstić information content (AvgIpc) is 2.94. The van der Waals surface area contributed by atoms with Crippen LogP contribution in [-0.2, 0) is 20.0 Å². The summed E-state index contributed by atoms with van der Waals surface area (Å²) in [6, 6.07) is 28.4. The van der Waals surface area contributed by atoms with Crippen LogP contribution in [0.15, 0.2) is 97.1 Å². The SMILES string of the molecule is O=S(=O)(CCCCCCS(=O)(=O)Nc1cc(-c2ccccc2)ccc1O)Nc1cc(-c2ccccc2)ccc1O. The van der Waals surface area contributed by atoms with Gasteiger partial charge in [-0.2, -0.15) is 0 Å². The topological polar surface area (TPSA) is 133 Å². The standard InChI is InChI=1S/C30H32N2O6S2/c33-29-17-15-25(23-11-5-3-6-12-23)21-27(29)31-39(35,36)19-9-1-2-10-20-40(37,38)32-28-22-26(16-18-30(28)34)24-13-7-4-8-14-24/h3-8,11-18,21-22,31-34H,1-2,9-10,19-20H2. The molecule has 4 aromatic rings. The summed E-state index contributed by atoms with van der Waals surface area (Å²) in [4.78, 5) is 0. The van der Waals surface area contributed by atoms with E-state index in [2.05, 4.69) is 9.44 Å². The second-order valence-corrected chi connectivity index (χ2v) is 13.1. The molecular formula is C30H32N2O6S2. The van der Waals surface area contributed by atoms with Crippen LogP contribution in [0.1, 0.15) is 25.7 Å². The zero-order valence-corrected chi connectivity index (χ0v) is 23.5. The van der Waals surface area contributed by atoms with Crippen LogP contribution in [0.5, 0.6) is 11.5 Å². The lowest BCUT2D eigenvalue weighted by atomic mass is 10.1. The normalized spacial score (nSPS) is 11.7. The van der Waals surface area contributed by atoms with E-state index in [1.165, 1.54) is 12.1 Å². The van der Waals surface area contributed by atoms with Crippen LogP contribution in [-0.4, -0.2) is 38.6 Å². The minimum absolute atomic E-state index is 0.109. The predicted octanol–water partition coefficient (Wildman–Crippen LogP) is 6.18. The lowest BCUT2D eigenvalue weighted by Gasteiger charge is -2.12. The summed E-state index contributed by atoms with van der Waals surface area (Å²) in [6.45, 7) is 0. The molecule has 8 nitrogen and oxygen atoms in total. The van der Waals surface area contributed by atoms with Gasteiger partial charge in [-0.1, -0.05) is 85.6 Å². The first kappa shape index (κ1) is 29.0. The van der Waals surface area contributed by atoms with Crippen molar-refractivity contribution >= 4 is 31.4 Å². The van der Waals surface area contributed by atoms with Crippen molar-refractivity contribution in [1.82, 2.24) is 0 Å². The molecule has 0 aromatic heterocycles. The third kappa shape index (κ3) is 8.24. The molecule has 0 saturated heterocycles. The van der Waals surface area contributed by atoms with Gasteiger partial charge < -0.3 is 10.2 Å². The van der Waals surface area contributed by atoms with Crippen molar-refractivity contribution in [3.05, 3.63) is 97.1 Å². The number of hydrogen-bond donors (Lipinski definition) is 4. The van der Waals surface area contributed by atoms with Crippen LogP contribution in [0.25, 0.3) is 22.3 Å². The predicted molar refractivity (Wildman–Crippen MR) is 160 cm³/mol. The maximum atomic E-state index is 12.6. The third-order valence-electron chi connectivity index (χ3n) is 6.31. The van der Waals surface area contributed by atoms with Crippen molar-refractivity contribution in [1.29, 1.82) is 0 Å². The molecular weight excluding hydrogens is 548 g/mol. The molecule has 0 fully saturated rings. The number of phenols is 2. The molecule has 0 bridgehead atoms. The van der Waals surface area contributed by atoms with Gasteiger partial charge in [0.05, 0.1) is 22.9 Å². The monoisotopic (exact) mass is 580 g/mol. The van der Waals surface area contributed by atoms with E-state index in [0.29, 0.717) is 25.7 Å². The van der Waals surface area contributed by atoms with E-state index in [4.69, 9.17) is 0 Å². The number of phenolic OH excluding ortho intramolecular Hbond substituents is 2. The minimum Gasteiger partial charge on any atom is -0.506 e. The van der Waals surface area contributed by atoms with E-state index in [-0.39, 0.29) is 34.4 Å².